The fraction of sp³-hybridized carbons (Fsp3) is 0.280. The first-order chi connectivity index (χ1) is 16.5. The molecular formula is C25H24N4O5. The average Bonchev–Trinajstić information content (AvgIpc) is 3.37. The van der Waals surface area contributed by atoms with Crippen LogP contribution < -0.4 is 20.3 Å². The molecule has 174 valence electrons. The van der Waals surface area contributed by atoms with Gasteiger partial charge in [-0.3, -0.25) is 14.0 Å². The van der Waals surface area contributed by atoms with Crippen LogP contribution in [-0.4, -0.2) is 41.7 Å². The van der Waals surface area contributed by atoms with E-state index >= 15 is 0 Å². The molecule has 0 bridgehead atoms. The van der Waals surface area contributed by atoms with Crippen molar-refractivity contribution < 1.29 is 19.0 Å². The first-order valence-electron chi connectivity index (χ1n) is 10.9. The molecule has 3 aromatic rings. The molecule has 9 nitrogen and oxygen atoms in total. The number of methoxy groups -OCH3 is 1. The second-order valence-electron chi connectivity index (χ2n) is 7.81. The summed E-state index contributed by atoms with van der Waals surface area (Å²) in [6.45, 7) is 2.78. The van der Waals surface area contributed by atoms with E-state index in [1.165, 1.54) is 10.5 Å². The molecule has 2 aromatic heterocycles. The van der Waals surface area contributed by atoms with Crippen molar-refractivity contribution in [3.8, 4) is 23.4 Å². The third-order valence-electron chi connectivity index (χ3n) is 5.49. The van der Waals surface area contributed by atoms with Crippen molar-refractivity contribution in [2.24, 2.45) is 0 Å². The Hall–Kier alpha value is -4.16. The van der Waals surface area contributed by atoms with Gasteiger partial charge >= 0.3 is 0 Å². The fourth-order valence-electron chi connectivity index (χ4n) is 3.65. The van der Waals surface area contributed by atoms with Crippen molar-refractivity contribution in [1.82, 2.24) is 14.7 Å². The zero-order valence-electron chi connectivity index (χ0n) is 18.9. The smallest absolute Gasteiger partial charge is 0.269 e. The monoisotopic (exact) mass is 460 g/mol. The first kappa shape index (κ1) is 23.0. The molecule has 1 atom stereocenters. The summed E-state index contributed by atoms with van der Waals surface area (Å²) in [4.78, 5) is 30.5. The predicted octanol–water partition coefficient (Wildman–Crippen LogP) is 3.01. The molecule has 1 saturated heterocycles. The summed E-state index contributed by atoms with van der Waals surface area (Å²) in [7, 11) is 1.56. The van der Waals surface area contributed by atoms with Crippen LogP contribution in [0.25, 0.3) is 11.7 Å². The summed E-state index contributed by atoms with van der Waals surface area (Å²) in [5.74, 6) is 0.456. The number of nitrogens with one attached hydrogen (secondary N) is 1. The van der Waals surface area contributed by atoms with Crippen molar-refractivity contribution in [2.45, 2.75) is 25.9 Å². The lowest BCUT2D eigenvalue weighted by molar-refractivity contribution is -0.117. The van der Waals surface area contributed by atoms with Gasteiger partial charge in [-0.2, -0.15) is 10.2 Å². The largest absolute Gasteiger partial charge is 0.497 e. The number of rotatable bonds is 7. The topological polar surface area (TPSA) is 115 Å². The molecule has 1 aliphatic heterocycles. The second kappa shape index (κ2) is 10.2. The van der Waals surface area contributed by atoms with Crippen LogP contribution in [-0.2, 0) is 9.53 Å². The van der Waals surface area contributed by atoms with Crippen LogP contribution in [0.5, 0.6) is 17.4 Å². The number of pyridine rings is 1. The van der Waals surface area contributed by atoms with E-state index in [1.807, 2.05) is 19.1 Å². The molecule has 1 aliphatic rings. The van der Waals surface area contributed by atoms with Gasteiger partial charge in [0, 0.05) is 19.3 Å². The van der Waals surface area contributed by atoms with Gasteiger partial charge in [0.1, 0.15) is 34.4 Å². The number of nitriles is 1. The van der Waals surface area contributed by atoms with Crippen molar-refractivity contribution >= 4 is 17.6 Å². The number of benzene rings is 1. The molecule has 0 saturated carbocycles. The molecule has 34 heavy (non-hydrogen) atoms. The second-order valence-corrected chi connectivity index (χ2v) is 7.81. The van der Waals surface area contributed by atoms with E-state index in [1.54, 1.807) is 43.6 Å². The van der Waals surface area contributed by atoms with E-state index in [0.717, 1.165) is 18.4 Å². The Bertz CT molecular complexity index is 1330. The number of carbonyl (C=O) groups is 1. The Kier molecular flexibility index (Phi) is 6.90. The number of hydrogen-bond donors (Lipinski definition) is 1. The van der Waals surface area contributed by atoms with Crippen LogP contribution in [0.15, 0.2) is 53.0 Å². The molecular weight excluding hydrogens is 436 g/mol. The van der Waals surface area contributed by atoms with Gasteiger partial charge in [0.05, 0.1) is 13.2 Å². The van der Waals surface area contributed by atoms with Gasteiger partial charge < -0.3 is 19.5 Å². The summed E-state index contributed by atoms with van der Waals surface area (Å²) in [5.41, 5.74) is 0.475. The third-order valence-corrected chi connectivity index (χ3v) is 5.49. The summed E-state index contributed by atoms with van der Waals surface area (Å²) in [6.07, 6.45) is 4.51. The summed E-state index contributed by atoms with van der Waals surface area (Å²) in [5, 5.41) is 12.3. The van der Waals surface area contributed by atoms with Gasteiger partial charge in [0.15, 0.2) is 0 Å². The zero-order valence-corrected chi connectivity index (χ0v) is 18.9. The van der Waals surface area contributed by atoms with E-state index < -0.39 is 11.5 Å². The van der Waals surface area contributed by atoms with E-state index in [9.17, 15) is 14.9 Å². The van der Waals surface area contributed by atoms with E-state index in [2.05, 4.69) is 10.3 Å². The van der Waals surface area contributed by atoms with E-state index in [-0.39, 0.29) is 23.1 Å². The molecule has 0 spiro atoms. The maximum atomic E-state index is 13.4. The minimum absolute atomic E-state index is 0.0101. The molecule has 3 heterocycles. The molecule has 0 unspecified atom stereocenters. The van der Waals surface area contributed by atoms with Gasteiger partial charge in [0.2, 0.25) is 5.88 Å². The molecule has 1 fully saturated rings. The fourth-order valence-corrected chi connectivity index (χ4v) is 3.65. The van der Waals surface area contributed by atoms with Gasteiger partial charge in [-0.05, 0) is 61.7 Å². The number of aromatic nitrogens is 2. The Balaban J connectivity index is 1.74. The van der Waals surface area contributed by atoms with Crippen molar-refractivity contribution in [2.75, 3.05) is 20.3 Å². The number of amides is 1. The Morgan fingerprint density at radius 1 is 1.32 bits per heavy atom. The van der Waals surface area contributed by atoms with Crippen LogP contribution in [0.2, 0.25) is 0 Å². The van der Waals surface area contributed by atoms with Crippen molar-refractivity contribution in [3.05, 3.63) is 69.6 Å². The number of nitrogens with zero attached hydrogens (tertiary/aromatic N) is 3. The normalized spacial score (nSPS) is 15.7. The van der Waals surface area contributed by atoms with Gasteiger partial charge in [-0.25, -0.2) is 0 Å². The van der Waals surface area contributed by atoms with Crippen LogP contribution in [0, 0.1) is 18.3 Å². The number of fused-ring (bicyclic) bond motifs is 1. The lowest BCUT2D eigenvalue weighted by Crippen LogP contribution is -2.32. The highest BCUT2D eigenvalue weighted by Crippen LogP contribution is 2.26. The molecule has 9 heteroatoms. The van der Waals surface area contributed by atoms with Crippen molar-refractivity contribution in [3.63, 3.8) is 0 Å². The SMILES string of the molecule is COc1ccc(Oc2nc3c(C)cccn3c(=O)c2/C=C(\C#N)C(=O)NC[C@H]2CCCO2)cc1. The molecule has 1 aromatic carbocycles. The van der Waals surface area contributed by atoms with E-state index in [0.29, 0.717) is 30.3 Å². The van der Waals surface area contributed by atoms with E-state index in [4.69, 9.17) is 14.2 Å². The standard InChI is InChI=1S/C25H24N4O5/c1-16-5-3-11-29-22(16)28-24(34-19-9-7-18(32-2)8-10-19)21(25(29)31)13-17(14-26)23(30)27-15-20-6-4-12-33-20/h3,5,7-11,13,20H,4,6,12,15H2,1-2H3,(H,27,30)/b17-13+/t20-/m1/s1. The Labute approximate surface area is 196 Å². The van der Waals surface area contributed by atoms with Crippen LogP contribution in [0.1, 0.15) is 24.0 Å². The maximum absolute atomic E-state index is 13.4. The van der Waals surface area contributed by atoms with Crippen LogP contribution in [0.4, 0.5) is 0 Å². The van der Waals surface area contributed by atoms with Crippen LogP contribution in [0.3, 0.4) is 0 Å². The third kappa shape index (κ3) is 4.92. The predicted molar refractivity (Wildman–Crippen MR) is 125 cm³/mol. The minimum atomic E-state index is -0.595. The lowest BCUT2D eigenvalue weighted by atomic mass is 10.1. The van der Waals surface area contributed by atoms with Crippen LogP contribution >= 0.6 is 0 Å². The number of hydrogen-bond acceptors (Lipinski definition) is 7. The van der Waals surface area contributed by atoms with Crippen molar-refractivity contribution in [1.29, 1.82) is 5.26 Å². The molecule has 0 radical (unpaired) electrons. The molecule has 1 amide bonds. The first-order valence-corrected chi connectivity index (χ1v) is 10.9. The molecule has 0 aliphatic carbocycles. The summed E-state index contributed by atoms with van der Waals surface area (Å²) < 4.78 is 18.0. The quantitative estimate of drug-likeness (QED) is 0.426. The Morgan fingerprint density at radius 3 is 2.76 bits per heavy atom. The number of aryl methyl sites for hydroxylation is 1. The van der Waals surface area contributed by atoms with Gasteiger partial charge in [-0.15, -0.1) is 0 Å². The average molecular weight is 460 g/mol. The highest BCUT2D eigenvalue weighted by molar-refractivity contribution is 6.01. The minimum Gasteiger partial charge on any atom is -0.497 e. The zero-order chi connectivity index (χ0) is 24.1. The molecule has 1 N–H and O–H groups in total. The Morgan fingerprint density at radius 2 is 2.09 bits per heavy atom. The highest BCUT2D eigenvalue weighted by Gasteiger charge is 2.20. The molecule has 4 rings (SSSR count). The highest BCUT2D eigenvalue weighted by atomic mass is 16.5. The lowest BCUT2D eigenvalue weighted by Gasteiger charge is -2.12. The number of carbonyl (C=O) groups excluding carboxylic acids is 1. The summed E-state index contributed by atoms with van der Waals surface area (Å²) in [6, 6.07) is 12.2. The number of ether oxygens (including phenoxy) is 3. The maximum Gasteiger partial charge on any atom is 0.269 e. The van der Waals surface area contributed by atoms with Gasteiger partial charge in [-0.1, -0.05) is 6.07 Å². The summed E-state index contributed by atoms with van der Waals surface area (Å²) >= 11 is 0. The van der Waals surface area contributed by atoms with Gasteiger partial charge in [0.25, 0.3) is 11.5 Å².